The molecule has 1 atom stereocenters. The summed E-state index contributed by atoms with van der Waals surface area (Å²) in [7, 11) is -3.79. The van der Waals surface area contributed by atoms with Crippen LogP contribution >= 0.6 is 11.3 Å². The molecule has 0 aliphatic rings. The maximum absolute atomic E-state index is 11.3. The molecule has 6 N–H and O–H groups in total. The summed E-state index contributed by atoms with van der Waals surface area (Å²) in [5.41, 5.74) is 6.59. The predicted molar refractivity (Wildman–Crippen MR) is 105 cm³/mol. The van der Waals surface area contributed by atoms with Crippen molar-refractivity contribution in [2.75, 3.05) is 11.1 Å². The molecule has 0 bridgehead atoms. The number of nitrogens with one attached hydrogen (secondary N) is 1. The number of sulfonamides is 1. The van der Waals surface area contributed by atoms with Gasteiger partial charge in [-0.05, 0) is 29.8 Å². The molecule has 10 nitrogen and oxygen atoms in total. The van der Waals surface area contributed by atoms with Crippen LogP contribution in [0.2, 0.25) is 0 Å². The van der Waals surface area contributed by atoms with E-state index in [0.29, 0.717) is 21.3 Å². The Balaban J connectivity index is 1.83. The van der Waals surface area contributed by atoms with Gasteiger partial charge in [0.05, 0.1) is 14.7 Å². The number of rotatable bonds is 6. The van der Waals surface area contributed by atoms with Crippen LogP contribution in [0, 0.1) is 10.1 Å². The molecule has 0 aliphatic heterocycles. The number of aromatic nitrogens is 1. The molecule has 0 saturated carbocycles. The molecule has 3 rings (SSSR count). The van der Waals surface area contributed by atoms with E-state index in [4.69, 9.17) is 10.9 Å². The van der Waals surface area contributed by atoms with Crippen molar-refractivity contribution in [3.8, 4) is 0 Å². The van der Waals surface area contributed by atoms with Gasteiger partial charge in [-0.3, -0.25) is 10.1 Å². The van der Waals surface area contributed by atoms with Crippen molar-refractivity contribution in [2.45, 2.75) is 11.0 Å². The van der Waals surface area contributed by atoms with Gasteiger partial charge >= 0.3 is 0 Å². The Morgan fingerprint density at radius 3 is 2.50 bits per heavy atom. The summed E-state index contributed by atoms with van der Waals surface area (Å²) in [5, 5.41) is 29.8. The second kappa shape index (κ2) is 7.52. The molecule has 0 radical (unpaired) electrons. The summed E-state index contributed by atoms with van der Waals surface area (Å²) in [4.78, 5) is 14.8. The number of anilines is 3. The highest BCUT2D eigenvalue weighted by molar-refractivity contribution is 7.89. The lowest BCUT2D eigenvalue weighted by Crippen LogP contribution is -2.11. The van der Waals surface area contributed by atoms with Crippen molar-refractivity contribution in [1.82, 2.24) is 4.98 Å². The van der Waals surface area contributed by atoms with Gasteiger partial charge in [0.25, 0.3) is 5.69 Å². The van der Waals surface area contributed by atoms with E-state index in [-0.39, 0.29) is 16.4 Å². The Labute approximate surface area is 163 Å². The van der Waals surface area contributed by atoms with Crippen molar-refractivity contribution in [2.24, 2.45) is 5.14 Å². The highest BCUT2D eigenvalue weighted by Gasteiger charge is 2.21. The first kappa shape index (κ1) is 19.7. The van der Waals surface area contributed by atoms with E-state index < -0.39 is 21.1 Å². The largest absolute Gasteiger partial charge is 0.383 e. The monoisotopic (exact) mass is 421 g/mol. The van der Waals surface area contributed by atoms with Crippen LogP contribution in [0.15, 0.2) is 53.4 Å². The lowest BCUT2D eigenvalue weighted by atomic mass is 10.1. The van der Waals surface area contributed by atoms with E-state index in [0.717, 1.165) is 11.3 Å². The topological polar surface area (TPSA) is 174 Å². The quantitative estimate of drug-likeness (QED) is 0.345. The highest BCUT2D eigenvalue weighted by Crippen LogP contribution is 2.36. The number of nitrogen functional groups attached to an aromatic ring is 1. The molecule has 0 aliphatic carbocycles. The normalized spacial score (nSPS) is 12.5. The number of benzene rings is 2. The van der Waals surface area contributed by atoms with Gasteiger partial charge in [0.15, 0.2) is 5.13 Å². The molecule has 0 fully saturated rings. The number of hydrogen-bond donors (Lipinski definition) is 4. The smallest absolute Gasteiger partial charge is 0.269 e. The van der Waals surface area contributed by atoms with Crippen LogP contribution < -0.4 is 16.2 Å². The minimum atomic E-state index is -3.79. The number of nitrogens with two attached hydrogens (primary N) is 2. The Bertz CT molecular complexity index is 1130. The number of hydrogen-bond acceptors (Lipinski definition) is 9. The van der Waals surface area contributed by atoms with E-state index in [2.05, 4.69) is 10.3 Å². The van der Waals surface area contributed by atoms with E-state index in [1.807, 2.05) is 0 Å². The van der Waals surface area contributed by atoms with Crippen molar-refractivity contribution < 1.29 is 18.4 Å². The van der Waals surface area contributed by atoms with Crippen molar-refractivity contribution >= 4 is 43.7 Å². The van der Waals surface area contributed by atoms with Crippen LogP contribution in [0.1, 0.15) is 16.5 Å². The summed E-state index contributed by atoms with van der Waals surface area (Å²) >= 11 is 1.07. The molecule has 0 saturated heterocycles. The minimum Gasteiger partial charge on any atom is -0.383 e. The molecule has 146 valence electrons. The number of nitro benzene ring substituents is 1. The lowest BCUT2D eigenvalue weighted by molar-refractivity contribution is -0.385. The average molecular weight is 421 g/mol. The van der Waals surface area contributed by atoms with Gasteiger partial charge in [-0.2, -0.15) is 0 Å². The first-order valence-electron chi connectivity index (χ1n) is 7.73. The van der Waals surface area contributed by atoms with E-state index >= 15 is 0 Å². The zero-order chi connectivity index (χ0) is 20.5. The van der Waals surface area contributed by atoms with Crippen molar-refractivity contribution in [3.63, 3.8) is 0 Å². The molecule has 0 spiro atoms. The number of non-ortho nitro benzene ring substituents is 1. The Morgan fingerprint density at radius 2 is 1.89 bits per heavy atom. The maximum atomic E-state index is 11.3. The molecule has 28 heavy (non-hydrogen) atoms. The molecule has 3 aromatic rings. The van der Waals surface area contributed by atoms with E-state index in [1.165, 1.54) is 42.5 Å². The van der Waals surface area contributed by atoms with Crippen molar-refractivity contribution in [1.29, 1.82) is 0 Å². The third kappa shape index (κ3) is 4.26. The Morgan fingerprint density at radius 1 is 1.21 bits per heavy atom. The second-order valence-corrected chi connectivity index (χ2v) is 8.31. The SMILES string of the molecule is Nc1nc(Nc2ccc(S(N)(=O)=O)cc2)sc1C(O)c1cccc([N+](=O)[O-])c1. The molecule has 12 heteroatoms. The molecule has 1 aromatic heterocycles. The van der Waals surface area contributed by atoms with E-state index in [9.17, 15) is 23.6 Å². The summed E-state index contributed by atoms with van der Waals surface area (Å²) < 4.78 is 22.6. The van der Waals surface area contributed by atoms with Crippen molar-refractivity contribution in [3.05, 3.63) is 69.1 Å². The van der Waals surface area contributed by atoms with Crippen LogP contribution in [0.25, 0.3) is 0 Å². The summed E-state index contributed by atoms with van der Waals surface area (Å²) in [6, 6.07) is 11.3. The van der Waals surface area contributed by atoms with Gasteiger partial charge in [-0.1, -0.05) is 23.5 Å². The third-order valence-electron chi connectivity index (χ3n) is 3.76. The highest BCUT2D eigenvalue weighted by atomic mass is 32.2. The van der Waals surface area contributed by atoms with Crippen LogP contribution in [-0.4, -0.2) is 23.4 Å². The fourth-order valence-electron chi connectivity index (χ4n) is 2.40. The third-order valence-corrected chi connectivity index (χ3v) is 5.73. The van der Waals surface area contributed by atoms with Gasteiger partial charge in [-0.15, -0.1) is 0 Å². The summed E-state index contributed by atoms with van der Waals surface area (Å²) in [6.07, 6.45) is -1.18. The molecular weight excluding hydrogens is 406 g/mol. The summed E-state index contributed by atoms with van der Waals surface area (Å²) in [5.74, 6) is 0.0765. The predicted octanol–water partition coefficient (Wildman–Crippen LogP) is 2.11. The maximum Gasteiger partial charge on any atom is 0.269 e. The molecular formula is C16H15N5O5S2. The lowest BCUT2D eigenvalue weighted by Gasteiger charge is -2.09. The van der Waals surface area contributed by atoms with Gasteiger partial charge in [-0.25, -0.2) is 18.5 Å². The number of nitro groups is 1. The molecule has 1 heterocycles. The van der Waals surface area contributed by atoms with Crippen LogP contribution in [-0.2, 0) is 10.0 Å². The standard InChI is InChI=1S/C16H15N5O5S2/c17-15-14(13(22)9-2-1-3-11(8-9)21(23)24)27-16(20-15)19-10-4-6-12(7-5-10)28(18,25)26/h1-8,13,22H,17H2,(H,19,20)(H2,18,25,26). The van der Waals surface area contributed by atoms with Crippen LogP contribution in [0.3, 0.4) is 0 Å². The number of primary sulfonamides is 1. The van der Waals surface area contributed by atoms with Gasteiger partial charge in [0.2, 0.25) is 10.0 Å². The first-order chi connectivity index (χ1) is 13.1. The van der Waals surface area contributed by atoms with Crippen LogP contribution in [0.4, 0.5) is 22.3 Å². The molecule has 1 unspecified atom stereocenters. The zero-order valence-corrected chi connectivity index (χ0v) is 15.8. The van der Waals surface area contributed by atoms with Gasteiger partial charge < -0.3 is 16.2 Å². The van der Waals surface area contributed by atoms with Gasteiger partial charge in [0, 0.05) is 17.8 Å². The number of thiazole rings is 1. The Hall–Kier alpha value is -3.06. The van der Waals surface area contributed by atoms with Crippen LogP contribution in [0.5, 0.6) is 0 Å². The minimum absolute atomic E-state index is 0.0292. The first-order valence-corrected chi connectivity index (χ1v) is 10.1. The number of aliphatic hydroxyl groups excluding tert-OH is 1. The molecule has 2 aromatic carbocycles. The Kier molecular flexibility index (Phi) is 5.29. The number of aliphatic hydroxyl groups is 1. The second-order valence-electron chi connectivity index (χ2n) is 5.72. The number of nitrogens with zero attached hydrogens (tertiary/aromatic N) is 2. The summed E-state index contributed by atoms with van der Waals surface area (Å²) in [6.45, 7) is 0. The fraction of sp³-hybridized carbons (Fsp3) is 0.0625. The zero-order valence-electron chi connectivity index (χ0n) is 14.1. The molecule has 0 amide bonds. The fourth-order valence-corrected chi connectivity index (χ4v) is 3.84. The average Bonchev–Trinajstić information content (AvgIpc) is 3.01. The van der Waals surface area contributed by atoms with E-state index in [1.54, 1.807) is 6.07 Å². The van der Waals surface area contributed by atoms with Gasteiger partial charge in [0.1, 0.15) is 11.9 Å².